The molecule has 74 valence electrons. The number of thiol groups is 1. The van der Waals surface area contributed by atoms with Crippen LogP contribution in [0.15, 0.2) is 34.1 Å². The lowest BCUT2D eigenvalue weighted by Crippen LogP contribution is -1.97. The van der Waals surface area contributed by atoms with Crippen molar-refractivity contribution in [3.05, 3.63) is 24.3 Å². The molecule has 0 bridgehead atoms. The molecule has 1 N–H and O–H groups in total. The minimum atomic E-state index is -4.04. The summed E-state index contributed by atoms with van der Waals surface area (Å²) in [5, 5.41) is 0. The van der Waals surface area contributed by atoms with Gasteiger partial charge in [0.25, 0.3) is 10.1 Å². The molecular formula is C8H12O3S2. The van der Waals surface area contributed by atoms with E-state index in [0.717, 1.165) is 4.90 Å². The van der Waals surface area contributed by atoms with Crippen molar-refractivity contribution in [1.29, 1.82) is 0 Å². The van der Waals surface area contributed by atoms with Crippen molar-refractivity contribution in [2.24, 2.45) is 0 Å². The molecule has 0 atom stereocenters. The summed E-state index contributed by atoms with van der Waals surface area (Å²) in [4.78, 5) is 1.07. The number of benzene rings is 1. The van der Waals surface area contributed by atoms with Crippen molar-refractivity contribution in [1.82, 2.24) is 0 Å². The van der Waals surface area contributed by atoms with Crippen molar-refractivity contribution in [2.75, 3.05) is 12.5 Å². The summed E-state index contributed by atoms with van der Waals surface area (Å²) in [7, 11) is -4.26. The molecule has 0 spiro atoms. The van der Waals surface area contributed by atoms with E-state index in [-0.39, 0.29) is 15.8 Å². The Bertz CT molecular complexity index is 378. The standard InChI is InChI=1S/C8H12O3S2/c1-12(2)7-3-5-8(6-4-7)13(9,10)11/h3-6,12H,1-2H3,(H,9,10,11). The van der Waals surface area contributed by atoms with Gasteiger partial charge in [-0.25, -0.2) is 10.9 Å². The third-order valence-electron chi connectivity index (χ3n) is 1.65. The fraction of sp³-hybridized carbons (Fsp3) is 0.250. The zero-order chi connectivity index (χ0) is 10.1. The Kier molecular flexibility index (Phi) is 3.00. The fourth-order valence-corrected chi connectivity index (χ4v) is 2.14. The van der Waals surface area contributed by atoms with E-state index in [1.165, 1.54) is 12.1 Å². The molecule has 3 nitrogen and oxygen atoms in total. The summed E-state index contributed by atoms with van der Waals surface area (Å²) in [6, 6.07) is 6.31. The minimum absolute atomic E-state index is 0.0481. The van der Waals surface area contributed by atoms with E-state index in [1.54, 1.807) is 12.1 Å². The molecule has 0 saturated heterocycles. The van der Waals surface area contributed by atoms with Gasteiger partial charge in [0.15, 0.2) is 0 Å². The average Bonchev–Trinajstić information content (AvgIpc) is 2.03. The topological polar surface area (TPSA) is 54.4 Å². The smallest absolute Gasteiger partial charge is 0.282 e. The minimum Gasteiger partial charge on any atom is -0.282 e. The monoisotopic (exact) mass is 220 g/mol. The van der Waals surface area contributed by atoms with E-state index in [1.807, 2.05) is 0 Å². The van der Waals surface area contributed by atoms with Crippen LogP contribution in [0.25, 0.3) is 0 Å². The lowest BCUT2D eigenvalue weighted by atomic mass is 10.4. The van der Waals surface area contributed by atoms with E-state index >= 15 is 0 Å². The molecule has 0 aromatic heterocycles. The SMILES string of the molecule is C[SH](C)c1ccc(S(=O)(=O)O)cc1. The van der Waals surface area contributed by atoms with Gasteiger partial charge in [-0.15, -0.1) is 0 Å². The second kappa shape index (κ2) is 3.69. The number of rotatable bonds is 2. The van der Waals surface area contributed by atoms with E-state index < -0.39 is 10.1 Å². The second-order valence-corrected chi connectivity index (χ2v) is 6.59. The normalized spacial score (nSPS) is 12.7. The molecule has 0 unspecified atom stereocenters. The molecule has 1 aromatic carbocycles. The van der Waals surface area contributed by atoms with Gasteiger partial charge in [-0.2, -0.15) is 8.42 Å². The van der Waals surface area contributed by atoms with Crippen LogP contribution >= 0.6 is 10.9 Å². The Morgan fingerprint density at radius 1 is 1.15 bits per heavy atom. The van der Waals surface area contributed by atoms with E-state index in [9.17, 15) is 8.42 Å². The Balaban J connectivity index is 3.08. The van der Waals surface area contributed by atoms with Crippen molar-refractivity contribution >= 4 is 21.0 Å². The van der Waals surface area contributed by atoms with Crippen molar-refractivity contribution in [2.45, 2.75) is 9.79 Å². The van der Waals surface area contributed by atoms with Crippen LogP contribution in [0.4, 0.5) is 0 Å². The van der Waals surface area contributed by atoms with Crippen LogP contribution in [-0.4, -0.2) is 25.5 Å². The summed E-state index contributed by atoms with van der Waals surface area (Å²) >= 11 is 0. The van der Waals surface area contributed by atoms with E-state index in [4.69, 9.17) is 4.55 Å². The molecule has 13 heavy (non-hydrogen) atoms. The highest BCUT2D eigenvalue weighted by Gasteiger charge is 2.08. The van der Waals surface area contributed by atoms with Gasteiger partial charge in [0.2, 0.25) is 0 Å². The quantitative estimate of drug-likeness (QED) is 0.587. The summed E-state index contributed by atoms with van der Waals surface area (Å²) in [6.45, 7) is 0. The van der Waals surface area contributed by atoms with Crippen molar-refractivity contribution in [3.63, 3.8) is 0 Å². The van der Waals surface area contributed by atoms with Crippen molar-refractivity contribution < 1.29 is 13.0 Å². The molecule has 1 aromatic rings. The van der Waals surface area contributed by atoms with Gasteiger partial charge in [-0.1, -0.05) is 0 Å². The van der Waals surface area contributed by atoms with Gasteiger partial charge in [0, 0.05) is 0 Å². The first-order valence-electron chi connectivity index (χ1n) is 3.66. The lowest BCUT2D eigenvalue weighted by molar-refractivity contribution is 0.483. The van der Waals surface area contributed by atoms with E-state index in [2.05, 4.69) is 12.5 Å². The zero-order valence-corrected chi connectivity index (χ0v) is 9.14. The van der Waals surface area contributed by atoms with Gasteiger partial charge in [0.1, 0.15) is 0 Å². The van der Waals surface area contributed by atoms with E-state index in [0.29, 0.717) is 0 Å². The van der Waals surface area contributed by atoms with Crippen LogP contribution < -0.4 is 0 Å². The van der Waals surface area contributed by atoms with Crippen LogP contribution in [-0.2, 0) is 10.1 Å². The first-order chi connectivity index (χ1) is 5.91. The largest absolute Gasteiger partial charge is 0.294 e. The predicted octanol–water partition coefficient (Wildman–Crippen LogP) is 1.55. The molecule has 0 saturated carbocycles. The third kappa shape index (κ3) is 2.72. The Morgan fingerprint density at radius 3 is 1.92 bits per heavy atom. The van der Waals surface area contributed by atoms with Crippen LogP contribution in [0.2, 0.25) is 0 Å². The summed E-state index contributed by atoms with van der Waals surface area (Å²) in [5.41, 5.74) is 0. The van der Waals surface area contributed by atoms with Crippen LogP contribution in [0.1, 0.15) is 0 Å². The molecule has 0 aliphatic carbocycles. The van der Waals surface area contributed by atoms with Gasteiger partial charge >= 0.3 is 0 Å². The van der Waals surface area contributed by atoms with Crippen LogP contribution in [0, 0.1) is 0 Å². The molecule has 0 aliphatic rings. The number of hydrogen-bond donors (Lipinski definition) is 2. The molecule has 0 amide bonds. The zero-order valence-electron chi connectivity index (χ0n) is 7.43. The maximum atomic E-state index is 10.7. The highest BCUT2D eigenvalue weighted by molar-refractivity contribution is 8.15. The molecule has 0 radical (unpaired) electrons. The first-order valence-corrected chi connectivity index (χ1v) is 7.34. The van der Waals surface area contributed by atoms with Gasteiger partial charge in [-0.3, -0.25) is 4.55 Å². The summed E-state index contributed by atoms with van der Waals surface area (Å²) < 4.78 is 30.0. The highest BCUT2D eigenvalue weighted by Crippen LogP contribution is 2.28. The second-order valence-electron chi connectivity index (χ2n) is 2.86. The Hall–Kier alpha value is -0.520. The average molecular weight is 220 g/mol. The van der Waals surface area contributed by atoms with Crippen molar-refractivity contribution in [3.8, 4) is 0 Å². The molecule has 5 heteroatoms. The predicted molar refractivity (Wildman–Crippen MR) is 55.4 cm³/mol. The molecule has 0 aliphatic heterocycles. The molecule has 1 rings (SSSR count). The lowest BCUT2D eigenvalue weighted by Gasteiger charge is -2.08. The molecular weight excluding hydrogens is 208 g/mol. The Labute approximate surface area is 80.9 Å². The maximum absolute atomic E-state index is 10.7. The first kappa shape index (κ1) is 10.6. The van der Waals surface area contributed by atoms with Gasteiger partial charge < -0.3 is 0 Å². The fourth-order valence-electron chi connectivity index (χ4n) is 0.916. The maximum Gasteiger partial charge on any atom is 0.294 e. The Morgan fingerprint density at radius 2 is 1.62 bits per heavy atom. The highest BCUT2D eigenvalue weighted by atomic mass is 32.2. The summed E-state index contributed by atoms with van der Waals surface area (Å²) in [6.07, 6.45) is 4.16. The van der Waals surface area contributed by atoms with Gasteiger partial charge in [-0.05, 0) is 41.7 Å². The van der Waals surface area contributed by atoms with Gasteiger partial charge in [0.05, 0.1) is 4.90 Å². The molecule has 0 fully saturated rings. The van der Waals surface area contributed by atoms with Crippen LogP contribution in [0.3, 0.4) is 0 Å². The summed E-state index contributed by atoms with van der Waals surface area (Å²) in [5.74, 6) is 0. The van der Waals surface area contributed by atoms with Crippen LogP contribution in [0.5, 0.6) is 0 Å². The third-order valence-corrected chi connectivity index (χ3v) is 3.85. The molecule has 0 heterocycles. The number of hydrogen-bond acceptors (Lipinski definition) is 2.